The van der Waals surface area contributed by atoms with Gasteiger partial charge in [0.2, 0.25) is 0 Å². The molecule has 0 aliphatic heterocycles. The molecule has 2 aromatic rings. The summed E-state index contributed by atoms with van der Waals surface area (Å²) in [7, 11) is 0. The predicted octanol–water partition coefficient (Wildman–Crippen LogP) is 7.81. The monoisotopic (exact) mass is 485 g/mol. The van der Waals surface area contributed by atoms with E-state index in [1.807, 2.05) is 30.3 Å². The highest BCUT2D eigenvalue weighted by Gasteiger charge is 2.59. The van der Waals surface area contributed by atoms with Gasteiger partial charge in [0, 0.05) is 12.6 Å². The number of aryl methyl sites for hydroxylation is 1. The van der Waals surface area contributed by atoms with E-state index in [1.54, 1.807) is 12.1 Å². The number of halogens is 6. The zero-order valence-corrected chi connectivity index (χ0v) is 19.7. The lowest BCUT2D eigenvalue weighted by molar-refractivity contribution is -0.245. The number of nitrogens with zero attached hydrogens (tertiary/aromatic N) is 1. The molecule has 0 N–H and O–H groups in total. The van der Waals surface area contributed by atoms with Crippen LogP contribution in [0.5, 0.6) is 0 Å². The molecule has 1 fully saturated rings. The van der Waals surface area contributed by atoms with Crippen molar-refractivity contribution in [1.82, 2.24) is 4.90 Å². The number of hydrogen-bond acceptors (Lipinski definition) is 1. The topological polar surface area (TPSA) is 3.24 Å². The van der Waals surface area contributed by atoms with E-state index >= 15 is 0 Å². The molecule has 1 aliphatic rings. The zero-order valence-electron chi connectivity index (χ0n) is 19.7. The van der Waals surface area contributed by atoms with Crippen LogP contribution in [0.3, 0.4) is 0 Å². The Morgan fingerprint density at radius 2 is 1.26 bits per heavy atom. The molecule has 2 aromatic carbocycles. The van der Waals surface area contributed by atoms with Crippen molar-refractivity contribution < 1.29 is 26.3 Å². The van der Waals surface area contributed by atoms with Crippen LogP contribution in [0.2, 0.25) is 0 Å². The second-order valence-corrected chi connectivity index (χ2v) is 9.67. The maximum Gasteiger partial charge on any atom is 0.392 e. The van der Waals surface area contributed by atoms with Gasteiger partial charge in [-0.3, -0.25) is 0 Å². The Balaban J connectivity index is 1.53. The number of hydrogen-bond donors (Lipinski definition) is 0. The van der Waals surface area contributed by atoms with Crippen LogP contribution in [0.4, 0.5) is 26.3 Å². The molecule has 0 heterocycles. The van der Waals surface area contributed by atoms with Crippen molar-refractivity contribution in [3.8, 4) is 0 Å². The fourth-order valence-corrected chi connectivity index (χ4v) is 5.02. The van der Waals surface area contributed by atoms with Gasteiger partial charge in [0.15, 0.2) is 0 Å². The molecular formula is C27H33F6N. The standard InChI is InChI=1S/C27H33F6N/c1-19(2)34(16-14-20-7-4-3-5-8-20)15-6-9-21-10-12-22(13-11-21)23-17-24(26(28,29)30)25(18-23)27(31,32)33/h3-5,7-8,10-13,19,23-25H,6,9,14-18H2,1-2H3. The Labute approximate surface area is 198 Å². The lowest BCUT2D eigenvalue weighted by Gasteiger charge is -2.26. The third kappa shape index (κ3) is 7.24. The summed E-state index contributed by atoms with van der Waals surface area (Å²) >= 11 is 0. The largest absolute Gasteiger partial charge is 0.392 e. The Hall–Kier alpha value is -2.02. The molecule has 1 saturated carbocycles. The van der Waals surface area contributed by atoms with E-state index in [4.69, 9.17) is 0 Å². The van der Waals surface area contributed by atoms with Gasteiger partial charge in [-0.25, -0.2) is 0 Å². The molecule has 34 heavy (non-hydrogen) atoms. The first-order chi connectivity index (χ1) is 15.9. The van der Waals surface area contributed by atoms with E-state index in [1.165, 1.54) is 5.56 Å². The van der Waals surface area contributed by atoms with Crippen molar-refractivity contribution >= 4 is 0 Å². The Kier molecular flexibility index (Phi) is 8.72. The van der Waals surface area contributed by atoms with Crippen LogP contribution in [0, 0.1) is 11.8 Å². The molecule has 0 radical (unpaired) electrons. The van der Waals surface area contributed by atoms with E-state index < -0.39 is 42.9 Å². The molecule has 3 rings (SSSR count). The number of rotatable bonds is 9. The van der Waals surface area contributed by atoms with Crippen molar-refractivity contribution in [2.45, 2.75) is 70.3 Å². The molecule has 2 unspecified atom stereocenters. The molecule has 7 heteroatoms. The highest BCUT2D eigenvalue weighted by molar-refractivity contribution is 5.27. The Morgan fingerprint density at radius 1 is 0.735 bits per heavy atom. The van der Waals surface area contributed by atoms with Gasteiger partial charge in [-0.1, -0.05) is 54.6 Å². The summed E-state index contributed by atoms with van der Waals surface area (Å²) in [6.07, 6.45) is -7.95. The lowest BCUT2D eigenvalue weighted by Crippen LogP contribution is -2.35. The molecule has 0 saturated heterocycles. The maximum atomic E-state index is 13.2. The lowest BCUT2D eigenvalue weighted by atomic mass is 9.94. The van der Waals surface area contributed by atoms with Crippen molar-refractivity contribution in [3.05, 3.63) is 71.3 Å². The molecule has 0 aromatic heterocycles. The predicted molar refractivity (Wildman–Crippen MR) is 123 cm³/mol. The molecule has 2 atom stereocenters. The second-order valence-electron chi connectivity index (χ2n) is 9.67. The van der Waals surface area contributed by atoms with Crippen LogP contribution in [0.25, 0.3) is 0 Å². The highest BCUT2D eigenvalue weighted by atomic mass is 19.4. The fraction of sp³-hybridized carbons (Fsp3) is 0.556. The summed E-state index contributed by atoms with van der Waals surface area (Å²) < 4.78 is 79.2. The summed E-state index contributed by atoms with van der Waals surface area (Å²) in [5.41, 5.74) is 2.92. The quantitative estimate of drug-likeness (QED) is 0.328. The first-order valence-electron chi connectivity index (χ1n) is 12.0. The zero-order chi connectivity index (χ0) is 24.9. The molecule has 0 spiro atoms. The van der Waals surface area contributed by atoms with E-state index in [-0.39, 0.29) is 0 Å². The summed E-state index contributed by atoms with van der Waals surface area (Å²) in [5.74, 6) is -5.37. The van der Waals surface area contributed by atoms with Crippen LogP contribution < -0.4 is 0 Å². The van der Waals surface area contributed by atoms with Gasteiger partial charge in [0.25, 0.3) is 0 Å². The van der Waals surface area contributed by atoms with Crippen LogP contribution in [0.15, 0.2) is 54.6 Å². The van der Waals surface area contributed by atoms with Gasteiger partial charge in [0.05, 0.1) is 11.8 Å². The van der Waals surface area contributed by atoms with Gasteiger partial charge < -0.3 is 4.90 Å². The maximum absolute atomic E-state index is 13.2. The van der Waals surface area contributed by atoms with Crippen LogP contribution >= 0.6 is 0 Å². The summed E-state index contributed by atoms with van der Waals surface area (Å²) in [6, 6.07) is 17.9. The van der Waals surface area contributed by atoms with Gasteiger partial charge in [-0.15, -0.1) is 0 Å². The van der Waals surface area contributed by atoms with E-state index in [0.717, 1.165) is 37.9 Å². The van der Waals surface area contributed by atoms with E-state index in [9.17, 15) is 26.3 Å². The van der Waals surface area contributed by atoms with Gasteiger partial charge in [-0.05, 0) is 75.1 Å². The second kappa shape index (κ2) is 11.1. The van der Waals surface area contributed by atoms with Gasteiger partial charge >= 0.3 is 12.4 Å². The molecule has 1 nitrogen and oxygen atoms in total. The smallest absolute Gasteiger partial charge is 0.301 e. The minimum absolute atomic E-state index is 0.414. The van der Waals surface area contributed by atoms with E-state index in [2.05, 4.69) is 30.9 Å². The third-order valence-corrected chi connectivity index (χ3v) is 7.03. The SMILES string of the molecule is CC(C)N(CCCc1ccc(C2CC(C(F)(F)F)C(C(F)(F)F)C2)cc1)CCc1ccccc1. The Bertz CT molecular complexity index is 851. The average molecular weight is 486 g/mol. The number of alkyl halides is 6. The Morgan fingerprint density at radius 3 is 1.76 bits per heavy atom. The fourth-order valence-electron chi connectivity index (χ4n) is 5.02. The van der Waals surface area contributed by atoms with Crippen molar-refractivity contribution in [3.63, 3.8) is 0 Å². The van der Waals surface area contributed by atoms with Crippen LogP contribution in [0.1, 0.15) is 55.7 Å². The highest BCUT2D eigenvalue weighted by Crippen LogP contribution is 2.54. The molecule has 1 aliphatic carbocycles. The minimum Gasteiger partial charge on any atom is -0.301 e. The summed E-state index contributed by atoms with van der Waals surface area (Å²) in [6.45, 7) is 6.23. The van der Waals surface area contributed by atoms with Crippen LogP contribution in [-0.2, 0) is 12.8 Å². The average Bonchev–Trinajstić information content (AvgIpc) is 3.24. The normalized spacial score (nSPS) is 21.5. The first-order valence-corrected chi connectivity index (χ1v) is 12.0. The van der Waals surface area contributed by atoms with Crippen LogP contribution in [-0.4, -0.2) is 36.4 Å². The third-order valence-electron chi connectivity index (χ3n) is 7.03. The van der Waals surface area contributed by atoms with Gasteiger partial charge in [0.1, 0.15) is 0 Å². The summed E-state index contributed by atoms with van der Waals surface area (Å²) in [4.78, 5) is 2.43. The molecule has 188 valence electrons. The van der Waals surface area contributed by atoms with Crippen molar-refractivity contribution in [1.29, 1.82) is 0 Å². The van der Waals surface area contributed by atoms with Crippen molar-refractivity contribution in [2.24, 2.45) is 11.8 Å². The minimum atomic E-state index is -4.84. The first kappa shape index (κ1) is 26.6. The van der Waals surface area contributed by atoms with Crippen molar-refractivity contribution in [2.75, 3.05) is 13.1 Å². The molecular weight excluding hydrogens is 452 g/mol. The summed E-state index contributed by atoms with van der Waals surface area (Å²) in [5, 5.41) is 0. The van der Waals surface area contributed by atoms with Gasteiger partial charge in [-0.2, -0.15) is 26.3 Å². The number of benzene rings is 2. The van der Waals surface area contributed by atoms with E-state index in [0.29, 0.717) is 11.6 Å². The molecule has 0 bridgehead atoms. The molecule has 0 amide bonds.